The minimum atomic E-state index is -4.39. The largest absolute Gasteiger partial charge is 0.441 e. The lowest BCUT2D eigenvalue weighted by molar-refractivity contribution is -0.0327. The molecule has 0 unspecified atom stereocenters. The third-order valence-electron chi connectivity index (χ3n) is 2.16. The summed E-state index contributed by atoms with van der Waals surface area (Å²) in [5.74, 6) is -0.610. The molecule has 0 aromatic carbocycles. The molecule has 0 amide bonds. The normalized spacial score (nSPS) is 13.2. The summed E-state index contributed by atoms with van der Waals surface area (Å²) in [6.45, 7) is -0.358. The van der Waals surface area contributed by atoms with Gasteiger partial charge in [0.15, 0.2) is 15.8 Å². The zero-order valence-corrected chi connectivity index (χ0v) is 12.2. The predicted octanol–water partition coefficient (Wildman–Crippen LogP) is 1.51. The van der Waals surface area contributed by atoms with Crippen LogP contribution < -0.4 is 10.5 Å². The molecule has 0 aliphatic rings. The number of rotatable bonds is 5. The fourth-order valence-corrected chi connectivity index (χ4v) is 4.04. The maximum absolute atomic E-state index is 12.0. The van der Waals surface area contributed by atoms with E-state index in [0.29, 0.717) is 4.96 Å². The smallest absolute Gasteiger partial charge is 0.381 e. The van der Waals surface area contributed by atoms with Gasteiger partial charge in [-0.25, -0.2) is 18.1 Å². The van der Waals surface area contributed by atoms with E-state index in [-0.39, 0.29) is 29.2 Å². The van der Waals surface area contributed by atoms with E-state index >= 15 is 0 Å². The van der Waals surface area contributed by atoms with Crippen molar-refractivity contribution in [2.24, 2.45) is 0 Å². The number of fused-ring (bicyclic) bond motifs is 1. The standard InChI is InChI=1S/C8H9F3N4O2S3/c9-8(10,11)19-3-1-13-20(16,17)6-5(12)14-7-15(6)2-4-18-7/h2,4,13H,1,3,12H2. The van der Waals surface area contributed by atoms with Gasteiger partial charge in [-0.2, -0.15) is 13.2 Å². The van der Waals surface area contributed by atoms with Crippen molar-refractivity contribution in [1.29, 1.82) is 0 Å². The number of nitrogens with two attached hydrogens (primary N) is 1. The zero-order chi connectivity index (χ0) is 15.0. The number of thiazole rings is 1. The summed E-state index contributed by atoms with van der Waals surface area (Å²) in [4.78, 5) is 4.26. The van der Waals surface area contributed by atoms with Crippen LogP contribution in [0.1, 0.15) is 0 Å². The second-order valence-electron chi connectivity index (χ2n) is 3.55. The van der Waals surface area contributed by atoms with Gasteiger partial charge in [-0.3, -0.25) is 4.40 Å². The van der Waals surface area contributed by atoms with E-state index in [4.69, 9.17) is 5.73 Å². The van der Waals surface area contributed by atoms with Crippen molar-refractivity contribution >= 4 is 43.9 Å². The molecule has 3 N–H and O–H groups in total. The van der Waals surface area contributed by atoms with E-state index in [2.05, 4.69) is 9.71 Å². The van der Waals surface area contributed by atoms with Gasteiger partial charge in [0, 0.05) is 23.9 Å². The van der Waals surface area contributed by atoms with Crippen molar-refractivity contribution in [2.75, 3.05) is 18.0 Å². The Hall–Kier alpha value is -0.980. The van der Waals surface area contributed by atoms with E-state index in [0.717, 1.165) is 0 Å². The average molecular weight is 346 g/mol. The first-order chi connectivity index (χ1) is 9.21. The summed E-state index contributed by atoms with van der Waals surface area (Å²) in [6, 6.07) is 0. The summed E-state index contributed by atoms with van der Waals surface area (Å²) in [6.07, 6.45) is 1.47. The van der Waals surface area contributed by atoms with Crippen LogP contribution in [-0.4, -0.2) is 35.6 Å². The van der Waals surface area contributed by atoms with E-state index in [1.165, 1.54) is 21.9 Å². The van der Waals surface area contributed by atoms with Crippen LogP contribution >= 0.6 is 23.1 Å². The molecule has 6 nitrogen and oxygen atoms in total. The summed E-state index contributed by atoms with van der Waals surface area (Å²) < 4.78 is 63.2. The highest BCUT2D eigenvalue weighted by Crippen LogP contribution is 2.29. The number of nitrogens with zero attached hydrogens (tertiary/aromatic N) is 2. The molecule has 0 atom stereocenters. The second-order valence-corrected chi connectivity index (χ2v) is 7.26. The Balaban J connectivity index is 2.11. The first-order valence-corrected chi connectivity index (χ1v) is 8.47. The van der Waals surface area contributed by atoms with Crippen molar-refractivity contribution in [3.8, 4) is 0 Å². The number of nitrogens with one attached hydrogen (secondary N) is 1. The molecule has 112 valence electrons. The van der Waals surface area contributed by atoms with E-state index in [1.807, 2.05) is 0 Å². The Morgan fingerprint density at radius 2 is 2.20 bits per heavy atom. The van der Waals surface area contributed by atoms with Crippen LogP contribution in [0.5, 0.6) is 0 Å². The number of aromatic nitrogens is 2. The minimum absolute atomic E-state index is 0.187. The molecule has 0 aliphatic carbocycles. The van der Waals surface area contributed by atoms with Gasteiger partial charge in [-0.1, -0.05) is 0 Å². The number of imidazole rings is 1. The van der Waals surface area contributed by atoms with E-state index < -0.39 is 21.3 Å². The van der Waals surface area contributed by atoms with Crippen LogP contribution in [0.3, 0.4) is 0 Å². The highest BCUT2D eigenvalue weighted by molar-refractivity contribution is 8.00. The van der Waals surface area contributed by atoms with Crippen LogP contribution in [0, 0.1) is 0 Å². The Bertz CT molecular complexity index is 706. The summed E-state index contributed by atoms with van der Waals surface area (Å²) >= 11 is 0.899. The molecule has 0 fully saturated rings. The molecule has 0 saturated heterocycles. The number of nitrogen functional groups attached to an aromatic ring is 1. The van der Waals surface area contributed by atoms with Crippen LogP contribution in [0.2, 0.25) is 0 Å². The first-order valence-electron chi connectivity index (χ1n) is 5.12. The van der Waals surface area contributed by atoms with Crippen molar-refractivity contribution in [1.82, 2.24) is 14.1 Å². The number of sulfonamides is 1. The molecule has 2 rings (SSSR count). The third kappa shape index (κ3) is 3.37. The Morgan fingerprint density at radius 3 is 2.85 bits per heavy atom. The van der Waals surface area contributed by atoms with Crippen molar-refractivity contribution in [3.63, 3.8) is 0 Å². The summed E-state index contributed by atoms with van der Waals surface area (Å²) in [5.41, 5.74) is 1.14. The quantitative estimate of drug-likeness (QED) is 0.801. The monoisotopic (exact) mass is 346 g/mol. The fraction of sp³-hybridized carbons (Fsp3) is 0.375. The highest BCUT2D eigenvalue weighted by atomic mass is 32.2. The Kier molecular flexibility index (Phi) is 4.18. The number of thioether (sulfide) groups is 1. The molecule has 0 spiro atoms. The topological polar surface area (TPSA) is 89.5 Å². The first kappa shape index (κ1) is 15.4. The van der Waals surface area contributed by atoms with Crippen molar-refractivity contribution in [3.05, 3.63) is 11.6 Å². The van der Waals surface area contributed by atoms with Gasteiger partial charge in [-0.05, 0) is 11.8 Å². The maximum atomic E-state index is 12.0. The van der Waals surface area contributed by atoms with Crippen molar-refractivity contribution < 1.29 is 21.6 Å². The lowest BCUT2D eigenvalue weighted by Crippen LogP contribution is -2.28. The molecule has 0 saturated carbocycles. The molecular weight excluding hydrogens is 337 g/mol. The lowest BCUT2D eigenvalue weighted by atomic mass is 10.8. The van der Waals surface area contributed by atoms with Gasteiger partial charge in [0.25, 0.3) is 10.0 Å². The van der Waals surface area contributed by atoms with Crippen molar-refractivity contribution in [2.45, 2.75) is 10.5 Å². The number of halogens is 3. The van der Waals surface area contributed by atoms with E-state index in [9.17, 15) is 21.6 Å². The molecule has 0 bridgehead atoms. The van der Waals surface area contributed by atoms with E-state index in [1.54, 1.807) is 5.38 Å². The van der Waals surface area contributed by atoms with Gasteiger partial charge in [-0.15, -0.1) is 11.3 Å². The summed E-state index contributed by atoms with van der Waals surface area (Å²) in [5, 5.41) is 1.37. The zero-order valence-electron chi connectivity index (χ0n) is 9.72. The van der Waals surface area contributed by atoms with Gasteiger partial charge >= 0.3 is 5.51 Å². The molecule has 2 heterocycles. The second kappa shape index (κ2) is 5.42. The number of anilines is 1. The van der Waals surface area contributed by atoms with Crippen LogP contribution in [0.15, 0.2) is 16.6 Å². The number of hydrogen-bond acceptors (Lipinski definition) is 6. The van der Waals surface area contributed by atoms with Crippen LogP contribution in [0.25, 0.3) is 4.96 Å². The maximum Gasteiger partial charge on any atom is 0.441 e. The Labute approximate surface area is 120 Å². The lowest BCUT2D eigenvalue weighted by Gasteiger charge is -2.07. The van der Waals surface area contributed by atoms with Gasteiger partial charge in [0.05, 0.1) is 0 Å². The van der Waals surface area contributed by atoms with Gasteiger partial charge in [0.1, 0.15) is 0 Å². The Morgan fingerprint density at radius 1 is 1.50 bits per heavy atom. The summed E-state index contributed by atoms with van der Waals surface area (Å²) in [7, 11) is -4.01. The molecule has 2 aromatic heterocycles. The minimum Gasteiger partial charge on any atom is -0.381 e. The number of alkyl halides is 3. The number of hydrogen-bond donors (Lipinski definition) is 2. The van der Waals surface area contributed by atoms with Gasteiger partial charge < -0.3 is 5.73 Å². The van der Waals surface area contributed by atoms with Gasteiger partial charge in [0.2, 0.25) is 0 Å². The molecule has 0 aliphatic heterocycles. The fourth-order valence-electron chi connectivity index (χ4n) is 1.46. The molecule has 20 heavy (non-hydrogen) atoms. The highest BCUT2D eigenvalue weighted by Gasteiger charge is 2.28. The molecule has 12 heteroatoms. The molecule has 0 radical (unpaired) electrons. The van der Waals surface area contributed by atoms with Crippen LogP contribution in [0.4, 0.5) is 19.0 Å². The third-order valence-corrected chi connectivity index (χ3v) is 5.15. The molecule has 2 aromatic rings. The SMILES string of the molecule is Nc1nc2sccn2c1S(=O)(=O)NCCSC(F)(F)F. The average Bonchev–Trinajstić information content (AvgIpc) is 2.82. The van der Waals surface area contributed by atoms with Crippen LogP contribution in [-0.2, 0) is 10.0 Å². The molecular formula is C8H9F3N4O2S3. The predicted molar refractivity (Wildman–Crippen MR) is 71.2 cm³/mol.